The van der Waals surface area contributed by atoms with Crippen LogP contribution in [0.25, 0.3) is 17.5 Å². The summed E-state index contributed by atoms with van der Waals surface area (Å²) < 4.78 is 7.20. The Hall–Kier alpha value is -3.19. The third-order valence-electron chi connectivity index (χ3n) is 3.98. The molecule has 130 valence electrons. The quantitative estimate of drug-likeness (QED) is 0.769. The first-order valence-corrected chi connectivity index (χ1v) is 8.25. The number of aromatic nitrogens is 4. The van der Waals surface area contributed by atoms with Gasteiger partial charge in [0.2, 0.25) is 0 Å². The SMILES string of the molecule is Cn1nnnc1-c1cccc(NC(=O)C2=Cc3cc(Cl)ccc3OC2)c1. The Morgan fingerprint density at radius 1 is 1.27 bits per heavy atom. The lowest BCUT2D eigenvalue weighted by atomic mass is 10.1. The lowest BCUT2D eigenvalue weighted by Crippen LogP contribution is -2.21. The summed E-state index contributed by atoms with van der Waals surface area (Å²) in [6.07, 6.45) is 1.79. The second-order valence-corrected chi connectivity index (χ2v) is 6.24. The van der Waals surface area contributed by atoms with Gasteiger partial charge in [-0.3, -0.25) is 4.79 Å². The number of hydrogen-bond acceptors (Lipinski definition) is 5. The van der Waals surface area contributed by atoms with Gasteiger partial charge in [-0.15, -0.1) is 5.10 Å². The molecule has 1 amide bonds. The summed E-state index contributed by atoms with van der Waals surface area (Å²) in [4.78, 5) is 12.6. The molecule has 0 aliphatic carbocycles. The Labute approximate surface area is 154 Å². The van der Waals surface area contributed by atoms with Crippen LogP contribution in [0, 0.1) is 0 Å². The van der Waals surface area contributed by atoms with E-state index in [9.17, 15) is 4.79 Å². The molecule has 1 N–H and O–H groups in total. The van der Waals surface area contributed by atoms with Crippen molar-refractivity contribution in [3.8, 4) is 17.1 Å². The van der Waals surface area contributed by atoms with Crippen molar-refractivity contribution in [2.24, 2.45) is 7.05 Å². The highest BCUT2D eigenvalue weighted by molar-refractivity contribution is 6.30. The van der Waals surface area contributed by atoms with Gasteiger partial charge < -0.3 is 10.1 Å². The highest BCUT2D eigenvalue weighted by Crippen LogP contribution is 2.29. The second-order valence-electron chi connectivity index (χ2n) is 5.80. The smallest absolute Gasteiger partial charge is 0.255 e. The van der Waals surface area contributed by atoms with Gasteiger partial charge in [0.25, 0.3) is 5.91 Å². The molecular formula is C18H14ClN5O2. The van der Waals surface area contributed by atoms with Crippen molar-refractivity contribution in [1.29, 1.82) is 0 Å². The van der Waals surface area contributed by atoms with E-state index in [2.05, 4.69) is 20.8 Å². The fourth-order valence-electron chi connectivity index (χ4n) is 2.70. The monoisotopic (exact) mass is 367 g/mol. The van der Waals surface area contributed by atoms with E-state index in [4.69, 9.17) is 16.3 Å². The van der Waals surface area contributed by atoms with Crippen LogP contribution < -0.4 is 10.1 Å². The van der Waals surface area contributed by atoms with Crippen LogP contribution >= 0.6 is 11.6 Å². The Morgan fingerprint density at radius 2 is 2.15 bits per heavy atom. The van der Waals surface area contributed by atoms with Crippen LogP contribution in [0.1, 0.15) is 5.56 Å². The van der Waals surface area contributed by atoms with Crippen molar-refractivity contribution in [1.82, 2.24) is 20.2 Å². The van der Waals surface area contributed by atoms with E-state index in [1.54, 1.807) is 42.1 Å². The number of ether oxygens (including phenoxy) is 1. The molecule has 2 aromatic carbocycles. The minimum atomic E-state index is -0.233. The van der Waals surface area contributed by atoms with E-state index < -0.39 is 0 Å². The van der Waals surface area contributed by atoms with E-state index in [-0.39, 0.29) is 12.5 Å². The number of carbonyl (C=O) groups is 1. The molecule has 26 heavy (non-hydrogen) atoms. The van der Waals surface area contributed by atoms with Crippen LogP contribution in [0.3, 0.4) is 0 Å². The predicted molar refractivity (Wildman–Crippen MR) is 97.8 cm³/mol. The van der Waals surface area contributed by atoms with Gasteiger partial charge in [-0.1, -0.05) is 23.7 Å². The minimum Gasteiger partial charge on any atom is -0.488 e. The number of nitrogens with one attached hydrogen (secondary N) is 1. The van der Waals surface area contributed by atoms with Crippen LogP contribution in [0.5, 0.6) is 5.75 Å². The van der Waals surface area contributed by atoms with E-state index >= 15 is 0 Å². The fraction of sp³-hybridized carbons (Fsp3) is 0.111. The van der Waals surface area contributed by atoms with Crippen molar-refractivity contribution in [2.75, 3.05) is 11.9 Å². The van der Waals surface area contributed by atoms with Crippen LogP contribution in [-0.2, 0) is 11.8 Å². The zero-order valence-corrected chi connectivity index (χ0v) is 14.6. The summed E-state index contributed by atoms with van der Waals surface area (Å²) in [5.41, 5.74) is 2.76. The van der Waals surface area contributed by atoms with Crippen LogP contribution in [0.15, 0.2) is 48.0 Å². The lowest BCUT2D eigenvalue weighted by Gasteiger charge is -2.18. The van der Waals surface area contributed by atoms with Gasteiger partial charge in [-0.2, -0.15) is 0 Å². The Bertz CT molecular complexity index is 1030. The second kappa shape index (κ2) is 6.61. The maximum atomic E-state index is 12.6. The van der Waals surface area contributed by atoms with E-state index in [1.807, 2.05) is 18.2 Å². The van der Waals surface area contributed by atoms with Crippen LogP contribution in [0.4, 0.5) is 5.69 Å². The number of fused-ring (bicyclic) bond motifs is 1. The number of halogens is 1. The molecule has 1 aliphatic heterocycles. The van der Waals surface area contributed by atoms with Gasteiger partial charge in [0, 0.05) is 28.9 Å². The molecule has 0 bridgehead atoms. The van der Waals surface area contributed by atoms with Gasteiger partial charge >= 0.3 is 0 Å². The molecule has 0 atom stereocenters. The molecule has 0 saturated heterocycles. The normalized spacial score (nSPS) is 12.8. The molecule has 3 aromatic rings. The Kier molecular flexibility index (Phi) is 4.14. The fourth-order valence-corrected chi connectivity index (χ4v) is 2.88. The first kappa shape index (κ1) is 16.3. The molecule has 1 aromatic heterocycles. The van der Waals surface area contributed by atoms with Gasteiger partial charge in [0.1, 0.15) is 12.4 Å². The number of aryl methyl sites for hydroxylation is 1. The minimum absolute atomic E-state index is 0.202. The van der Waals surface area contributed by atoms with E-state index in [0.29, 0.717) is 27.9 Å². The summed E-state index contributed by atoms with van der Waals surface area (Å²) >= 11 is 6.01. The summed E-state index contributed by atoms with van der Waals surface area (Å²) in [6, 6.07) is 12.7. The van der Waals surface area contributed by atoms with Gasteiger partial charge in [0.15, 0.2) is 5.82 Å². The summed E-state index contributed by atoms with van der Waals surface area (Å²) in [7, 11) is 1.76. The zero-order valence-electron chi connectivity index (χ0n) is 13.8. The molecule has 4 rings (SSSR count). The average Bonchev–Trinajstić information content (AvgIpc) is 3.07. The first-order valence-electron chi connectivity index (χ1n) is 7.87. The first-order chi connectivity index (χ1) is 12.6. The lowest BCUT2D eigenvalue weighted by molar-refractivity contribution is -0.113. The number of rotatable bonds is 3. The standard InChI is InChI=1S/C18H14ClN5O2/c1-24-17(21-22-23-24)11-3-2-4-15(9-11)20-18(25)13-7-12-8-14(19)5-6-16(12)26-10-13/h2-9H,10H2,1H3,(H,20,25). The number of anilines is 1. The van der Waals surface area contributed by atoms with Crippen molar-refractivity contribution in [2.45, 2.75) is 0 Å². The van der Waals surface area contributed by atoms with E-state index in [0.717, 1.165) is 11.1 Å². The maximum absolute atomic E-state index is 12.6. The number of tetrazole rings is 1. The highest BCUT2D eigenvalue weighted by Gasteiger charge is 2.18. The summed E-state index contributed by atoms with van der Waals surface area (Å²) in [5, 5.41) is 14.9. The summed E-state index contributed by atoms with van der Waals surface area (Å²) in [6.45, 7) is 0.202. The molecule has 0 spiro atoms. The molecule has 0 unspecified atom stereocenters. The number of amides is 1. The number of hydrogen-bond donors (Lipinski definition) is 1. The molecule has 2 heterocycles. The van der Waals surface area contributed by atoms with Gasteiger partial charge in [-0.05, 0) is 46.8 Å². The molecular weight excluding hydrogens is 354 g/mol. The van der Waals surface area contributed by atoms with Crippen molar-refractivity contribution in [3.63, 3.8) is 0 Å². The number of benzene rings is 2. The number of carbonyl (C=O) groups excluding carboxylic acids is 1. The van der Waals surface area contributed by atoms with Crippen molar-refractivity contribution >= 4 is 29.3 Å². The van der Waals surface area contributed by atoms with Gasteiger partial charge in [0.05, 0.1) is 5.57 Å². The van der Waals surface area contributed by atoms with Crippen molar-refractivity contribution < 1.29 is 9.53 Å². The zero-order chi connectivity index (χ0) is 18.1. The predicted octanol–water partition coefficient (Wildman–Crippen LogP) is 2.95. The topological polar surface area (TPSA) is 81.9 Å². The molecule has 1 aliphatic rings. The molecule has 8 heteroatoms. The van der Waals surface area contributed by atoms with Crippen LogP contribution in [-0.4, -0.2) is 32.7 Å². The molecule has 7 nitrogen and oxygen atoms in total. The molecule has 0 saturated carbocycles. The van der Waals surface area contributed by atoms with E-state index in [1.165, 1.54) is 0 Å². The third kappa shape index (κ3) is 3.16. The average molecular weight is 368 g/mol. The van der Waals surface area contributed by atoms with Crippen molar-refractivity contribution in [3.05, 3.63) is 58.6 Å². The Balaban J connectivity index is 1.57. The van der Waals surface area contributed by atoms with Gasteiger partial charge in [-0.25, -0.2) is 4.68 Å². The maximum Gasteiger partial charge on any atom is 0.255 e. The molecule has 0 fully saturated rings. The van der Waals surface area contributed by atoms with Crippen LogP contribution in [0.2, 0.25) is 5.02 Å². The Morgan fingerprint density at radius 3 is 2.96 bits per heavy atom. The largest absolute Gasteiger partial charge is 0.488 e. The third-order valence-corrected chi connectivity index (χ3v) is 4.21. The summed E-state index contributed by atoms with van der Waals surface area (Å²) in [5.74, 6) is 1.09. The highest BCUT2D eigenvalue weighted by atomic mass is 35.5. The molecule has 0 radical (unpaired) electrons. The number of nitrogens with zero attached hydrogens (tertiary/aromatic N) is 4.